The van der Waals surface area contributed by atoms with E-state index in [9.17, 15) is 0 Å². The Kier molecular flexibility index (Phi) is 3.71. The molecule has 4 nitrogen and oxygen atoms in total. The predicted molar refractivity (Wildman–Crippen MR) is 85.2 cm³/mol. The van der Waals surface area contributed by atoms with Gasteiger partial charge in [0.15, 0.2) is 0 Å². The van der Waals surface area contributed by atoms with E-state index >= 15 is 0 Å². The summed E-state index contributed by atoms with van der Waals surface area (Å²) in [6.45, 7) is 4.36. The minimum Gasteiger partial charge on any atom is -0.323 e. The molecule has 0 radical (unpaired) electrons. The molecule has 1 aromatic carbocycles. The largest absolute Gasteiger partial charge is 0.323 e. The van der Waals surface area contributed by atoms with Crippen molar-refractivity contribution in [2.75, 3.05) is 0 Å². The van der Waals surface area contributed by atoms with Crippen molar-refractivity contribution in [2.24, 2.45) is 11.7 Å². The minimum atomic E-state index is -0.0148. The van der Waals surface area contributed by atoms with Crippen LogP contribution < -0.4 is 5.73 Å². The maximum absolute atomic E-state index is 6.31. The topological polar surface area (TPSA) is 56.7 Å². The molecule has 0 aliphatic heterocycles. The van der Waals surface area contributed by atoms with E-state index < -0.39 is 0 Å². The number of imidazole rings is 1. The first-order chi connectivity index (χ1) is 10.1. The standard InChI is InChI=1S/C17H20N4/c1-12(2)7-15(18)17-10-19-11-21(17)14-8-13-5-3-4-6-16(13)20-9-14/h3-6,8-12,15H,7,18H2,1-2H3. The zero-order valence-corrected chi connectivity index (χ0v) is 12.4. The molecule has 0 spiro atoms. The van der Waals surface area contributed by atoms with Gasteiger partial charge in [-0.2, -0.15) is 0 Å². The third kappa shape index (κ3) is 2.81. The molecule has 0 bridgehead atoms. The van der Waals surface area contributed by atoms with Gasteiger partial charge in [-0.3, -0.25) is 4.98 Å². The van der Waals surface area contributed by atoms with Crippen LogP contribution in [0.4, 0.5) is 0 Å². The zero-order chi connectivity index (χ0) is 14.8. The summed E-state index contributed by atoms with van der Waals surface area (Å²) in [5, 5.41) is 1.12. The number of nitrogens with zero attached hydrogens (tertiary/aromatic N) is 3. The fraction of sp³-hybridized carbons (Fsp3) is 0.294. The molecule has 108 valence electrons. The average Bonchev–Trinajstić information content (AvgIpc) is 2.95. The highest BCUT2D eigenvalue weighted by molar-refractivity contribution is 5.80. The van der Waals surface area contributed by atoms with Gasteiger partial charge in [0, 0.05) is 11.4 Å². The summed E-state index contributed by atoms with van der Waals surface area (Å²) >= 11 is 0. The average molecular weight is 280 g/mol. The fourth-order valence-corrected chi connectivity index (χ4v) is 2.62. The second kappa shape index (κ2) is 5.66. The quantitative estimate of drug-likeness (QED) is 0.796. The SMILES string of the molecule is CC(C)CC(N)c1cncn1-c1cnc2ccccc2c1. The number of para-hydroxylation sites is 1. The molecular formula is C17H20N4. The molecule has 2 aromatic heterocycles. The van der Waals surface area contributed by atoms with E-state index in [1.807, 2.05) is 35.2 Å². The molecule has 0 amide bonds. The van der Waals surface area contributed by atoms with Crippen LogP contribution in [0.2, 0.25) is 0 Å². The summed E-state index contributed by atoms with van der Waals surface area (Å²) < 4.78 is 2.03. The van der Waals surface area contributed by atoms with Crippen molar-refractivity contribution in [1.29, 1.82) is 0 Å². The highest BCUT2D eigenvalue weighted by Gasteiger charge is 2.14. The molecule has 1 unspecified atom stereocenters. The first-order valence-electron chi connectivity index (χ1n) is 7.28. The molecule has 2 heterocycles. The minimum absolute atomic E-state index is 0.0148. The number of fused-ring (bicyclic) bond motifs is 1. The molecule has 1 atom stereocenters. The van der Waals surface area contributed by atoms with Crippen molar-refractivity contribution in [1.82, 2.24) is 14.5 Å². The maximum Gasteiger partial charge on any atom is 0.0995 e. The molecule has 3 rings (SSSR count). The molecule has 4 heteroatoms. The summed E-state index contributed by atoms with van der Waals surface area (Å²) in [6.07, 6.45) is 6.46. The monoisotopic (exact) mass is 280 g/mol. The van der Waals surface area contributed by atoms with Crippen molar-refractivity contribution < 1.29 is 0 Å². The van der Waals surface area contributed by atoms with Gasteiger partial charge in [-0.25, -0.2) is 4.98 Å². The van der Waals surface area contributed by atoms with E-state index in [2.05, 4.69) is 35.9 Å². The first kappa shape index (κ1) is 13.8. The van der Waals surface area contributed by atoms with Crippen LogP contribution in [0.1, 0.15) is 32.0 Å². The second-order valence-electron chi connectivity index (χ2n) is 5.81. The summed E-state index contributed by atoms with van der Waals surface area (Å²) in [5.74, 6) is 0.554. The normalized spacial score (nSPS) is 13.0. The summed E-state index contributed by atoms with van der Waals surface area (Å²) in [6, 6.07) is 10.2. The number of pyridine rings is 1. The maximum atomic E-state index is 6.31. The van der Waals surface area contributed by atoms with Crippen LogP contribution in [-0.4, -0.2) is 14.5 Å². The van der Waals surface area contributed by atoms with E-state index in [-0.39, 0.29) is 6.04 Å². The molecule has 21 heavy (non-hydrogen) atoms. The van der Waals surface area contributed by atoms with E-state index in [1.54, 1.807) is 6.33 Å². The highest BCUT2D eigenvalue weighted by Crippen LogP contribution is 2.23. The van der Waals surface area contributed by atoms with Crippen LogP contribution in [-0.2, 0) is 0 Å². The van der Waals surface area contributed by atoms with Crippen LogP contribution in [0, 0.1) is 5.92 Å². The van der Waals surface area contributed by atoms with Gasteiger partial charge in [-0.1, -0.05) is 32.0 Å². The molecule has 0 saturated carbocycles. The Morgan fingerprint density at radius 2 is 2.00 bits per heavy atom. The molecule has 0 fully saturated rings. The smallest absolute Gasteiger partial charge is 0.0995 e. The van der Waals surface area contributed by atoms with Crippen LogP contribution in [0.25, 0.3) is 16.6 Å². The highest BCUT2D eigenvalue weighted by atomic mass is 15.1. The van der Waals surface area contributed by atoms with Gasteiger partial charge in [-0.05, 0) is 24.5 Å². The van der Waals surface area contributed by atoms with Crippen molar-refractivity contribution in [3.63, 3.8) is 0 Å². The Morgan fingerprint density at radius 1 is 1.19 bits per heavy atom. The van der Waals surface area contributed by atoms with Crippen LogP contribution in [0.5, 0.6) is 0 Å². The van der Waals surface area contributed by atoms with Gasteiger partial charge < -0.3 is 10.3 Å². The Morgan fingerprint density at radius 3 is 2.81 bits per heavy atom. The molecular weight excluding hydrogens is 260 g/mol. The van der Waals surface area contributed by atoms with Crippen molar-refractivity contribution in [3.05, 3.63) is 54.7 Å². The van der Waals surface area contributed by atoms with Gasteiger partial charge in [-0.15, -0.1) is 0 Å². The van der Waals surface area contributed by atoms with Crippen LogP contribution in [0.15, 0.2) is 49.1 Å². The van der Waals surface area contributed by atoms with Gasteiger partial charge in [0.25, 0.3) is 0 Å². The number of aromatic nitrogens is 3. The number of benzene rings is 1. The Labute approximate surface area is 124 Å². The number of hydrogen-bond donors (Lipinski definition) is 1. The lowest BCUT2D eigenvalue weighted by atomic mass is 10.0. The fourth-order valence-electron chi connectivity index (χ4n) is 2.62. The number of rotatable bonds is 4. The van der Waals surface area contributed by atoms with Crippen LogP contribution >= 0.6 is 0 Å². The third-order valence-electron chi connectivity index (χ3n) is 3.63. The van der Waals surface area contributed by atoms with Gasteiger partial charge in [0.2, 0.25) is 0 Å². The lowest BCUT2D eigenvalue weighted by molar-refractivity contribution is 0.498. The molecule has 3 aromatic rings. The Hall–Kier alpha value is -2.20. The Balaban J connectivity index is 2.01. The van der Waals surface area contributed by atoms with E-state index in [4.69, 9.17) is 5.73 Å². The molecule has 0 aliphatic rings. The number of nitrogens with two attached hydrogens (primary N) is 1. The van der Waals surface area contributed by atoms with Gasteiger partial charge in [0.05, 0.1) is 35.6 Å². The molecule has 0 aliphatic carbocycles. The summed E-state index contributed by atoms with van der Waals surface area (Å²) in [4.78, 5) is 8.77. The lowest BCUT2D eigenvalue weighted by Crippen LogP contribution is -2.16. The van der Waals surface area contributed by atoms with Gasteiger partial charge >= 0.3 is 0 Å². The lowest BCUT2D eigenvalue weighted by Gasteiger charge is -2.16. The Bertz CT molecular complexity index is 745. The van der Waals surface area contributed by atoms with Crippen molar-refractivity contribution >= 4 is 10.9 Å². The van der Waals surface area contributed by atoms with E-state index in [0.29, 0.717) is 5.92 Å². The van der Waals surface area contributed by atoms with Gasteiger partial charge in [0.1, 0.15) is 0 Å². The third-order valence-corrected chi connectivity index (χ3v) is 3.63. The van der Waals surface area contributed by atoms with E-state index in [0.717, 1.165) is 28.7 Å². The van der Waals surface area contributed by atoms with Crippen molar-refractivity contribution in [2.45, 2.75) is 26.3 Å². The predicted octanol–water partition coefficient (Wildman–Crippen LogP) is 3.47. The van der Waals surface area contributed by atoms with Crippen molar-refractivity contribution in [3.8, 4) is 5.69 Å². The summed E-state index contributed by atoms with van der Waals surface area (Å²) in [5.41, 5.74) is 9.33. The summed E-state index contributed by atoms with van der Waals surface area (Å²) in [7, 11) is 0. The second-order valence-corrected chi connectivity index (χ2v) is 5.81. The van der Waals surface area contributed by atoms with E-state index in [1.165, 1.54) is 0 Å². The molecule has 0 saturated heterocycles. The van der Waals surface area contributed by atoms with Crippen LogP contribution in [0.3, 0.4) is 0 Å². The number of hydrogen-bond acceptors (Lipinski definition) is 3. The zero-order valence-electron chi connectivity index (χ0n) is 12.4. The first-order valence-corrected chi connectivity index (χ1v) is 7.28. The molecule has 2 N–H and O–H groups in total.